The lowest BCUT2D eigenvalue weighted by molar-refractivity contribution is 0.671. The molecule has 1 aliphatic rings. The number of hydrogen-bond donors (Lipinski definition) is 0. The highest BCUT2D eigenvalue weighted by atomic mass is 15.2. The molecule has 0 amide bonds. The monoisotopic (exact) mass is 133 g/mol. The van der Waals surface area contributed by atoms with Gasteiger partial charge >= 0.3 is 0 Å². The van der Waals surface area contributed by atoms with Crippen molar-refractivity contribution in [3.8, 4) is 0 Å². The Kier molecular flexibility index (Phi) is 1.01. The molecule has 0 bridgehead atoms. The Hall–Kier alpha value is -0.980. The van der Waals surface area contributed by atoms with Gasteiger partial charge in [0.25, 0.3) is 0 Å². The van der Waals surface area contributed by atoms with Crippen molar-refractivity contribution in [3.05, 3.63) is 29.8 Å². The van der Waals surface area contributed by atoms with Gasteiger partial charge in [0.15, 0.2) is 0 Å². The minimum Gasteiger partial charge on any atom is -0.367 e. The van der Waals surface area contributed by atoms with Gasteiger partial charge < -0.3 is 4.90 Å². The summed E-state index contributed by atoms with van der Waals surface area (Å²) in [6.07, 6.45) is 0. The highest BCUT2D eigenvalue weighted by molar-refractivity contribution is 5.64. The fraction of sp³-hybridized carbons (Fsp3) is 0.333. The third-order valence-corrected chi connectivity index (χ3v) is 2.35. The summed E-state index contributed by atoms with van der Waals surface area (Å²) in [5.41, 5.74) is 2.86. The predicted molar refractivity (Wildman–Crippen MR) is 43.3 cm³/mol. The summed E-state index contributed by atoms with van der Waals surface area (Å²) in [4.78, 5) is 2.29. The van der Waals surface area contributed by atoms with Gasteiger partial charge in [0.05, 0.1) is 6.04 Å². The molecular formula is C9H11N. The molecule has 0 N–H and O–H groups in total. The molecule has 0 radical (unpaired) electrons. The van der Waals surface area contributed by atoms with Crippen LogP contribution in [0, 0.1) is 0 Å². The van der Waals surface area contributed by atoms with E-state index in [-0.39, 0.29) is 0 Å². The lowest BCUT2D eigenvalue weighted by atomic mass is 9.96. The van der Waals surface area contributed by atoms with Crippen LogP contribution in [0.1, 0.15) is 18.5 Å². The molecule has 0 spiro atoms. The maximum absolute atomic E-state index is 2.29. The van der Waals surface area contributed by atoms with Gasteiger partial charge in [-0.05, 0) is 18.6 Å². The standard InChI is InChI=1S/C9H11N/c1-7-8-5-3-4-6-9(8)10(7)2/h3-7H,1-2H3. The third-order valence-electron chi connectivity index (χ3n) is 2.35. The van der Waals surface area contributed by atoms with Crippen molar-refractivity contribution in [2.24, 2.45) is 0 Å². The first-order valence-electron chi connectivity index (χ1n) is 3.62. The molecule has 0 aliphatic carbocycles. The van der Waals surface area contributed by atoms with Gasteiger partial charge in [0, 0.05) is 12.7 Å². The number of para-hydroxylation sites is 1. The molecule has 1 aromatic rings. The zero-order valence-corrected chi connectivity index (χ0v) is 6.33. The maximum Gasteiger partial charge on any atom is 0.0531 e. The molecule has 0 saturated heterocycles. The molecule has 1 heteroatoms. The van der Waals surface area contributed by atoms with Crippen molar-refractivity contribution in [1.82, 2.24) is 0 Å². The SMILES string of the molecule is CC1c2ccccc2N1C. The van der Waals surface area contributed by atoms with Crippen LogP contribution in [0.15, 0.2) is 24.3 Å². The first kappa shape index (κ1) is 5.78. The number of fused-ring (bicyclic) bond motifs is 1. The molecule has 10 heavy (non-hydrogen) atoms. The Labute approximate surface area is 61.3 Å². The molecule has 1 unspecified atom stereocenters. The number of hydrogen-bond acceptors (Lipinski definition) is 1. The second kappa shape index (κ2) is 1.75. The quantitative estimate of drug-likeness (QED) is 0.524. The van der Waals surface area contributed by atoms with Gasteiger partial charge in [-0.25, -0.2) is 0 Å². The lowest BCUT2D eigenvalue weighted by Crippen LogP contribution is -2.32. The number of rotatable bonds is 0. The molecule has 0 fully saturated rings. The van der Waals surface area contributed by atoms with Gasteiger partial charge in [0.1, 0.15) is 0 Å². The second-order valence-electron chi connectivity index (χ2n) is 2.85. The lowest BCUT2D eigenvalue weighted by Gasteiger charge is -2.39. The zero-order chi connectivity index (χ0) is 7.14. The summed E-state index contributed by atoms with van der Waals surface area (Å²) in [5.74, 6) is 0. The van der Waals surface area contributed by atoms with Crippen molar-refractivity contribution < 1.29 is 0 Å². The molecule has 52 valence electrons. The fourth-order valence-corrected chi connectivity index (χ4v) is 1.51. The van der Waals surface area contributed by atoms with E-state index in [9.17, 15) is 0 Å². The molecule has 0 saturated carbocycles. The summed E-state index contributed by atoms with van der Waals surface area (Å²) in [6.45, 7) is 2.22. The van der Waals surface area contributed by atoms with Crippen LogP contribution < -0.4 is 4.90 Å². The van der Waals surface area contributed by atoms with E-state index in [1.165, 1.54) is 11.3 Å². The Morgan fingerprint density at radius 2 is 2.00 bits per heavy atom. The van der Waals surface area contributed by atoms with Gasteiger partial charge in [-0.15, -0.1) is 0 Å². The Morgan fingerprint density at radius 1 is 1.30 bits per heavy atom. The zero-order valence-electron chi connectivity index (χ0n) is 6.33. The largest absolute Gasteiger partial charge is 0.367 e. The van der Waals surface area contributed by atoms with Crippen molar-refractivity contribution in [2.75, 3.05) is 11.9 Å². The minimum absolute atomic E-state index is 0.621. The average Bonchev–Trinajstić information content (AvgIpc) is 2.03. The van der Waals surface area contributed by atoms with E-state index < -0.39 is 0 Å². The number of nitrogens with zero attached hydrogens (tertiary/aromatic N) is 1. The average molecular weight is 133 g/mol. The Balaban J connectivity index is 2.50. The normalized spacial score (nSPS) is 21.8. The van der Waals surface area contributed by atoms with Crippen LogP contribution in [0.25, 0.3) is 0 Å². The van der Waals surface area contributed by atoms with Gasteiger partial charge in [-0.1, -0.05) is 18.2 Å². The van der Waals surface area contributed by atoms with Crippen LogP contribution in [0.5, 0.6) is 0 Å². The van der Waals surface area contributed by atoms with Crippen molar-refractivity contribution >= 4 is 5.69 Å². The fourth-order valence-electron chi connectivity index (χ4n) is 1.51. The van der Waals surface area contributed by atoms with E-state index in [0.29, 0.717) is 6.04 Å². The summed E-state index contributed by atoms with van der Waals surface area (Å²) in [5, 5.41) is 0. The molecule has 1 aliphatic heterocycles. The molecule has 1 atom stereocenters. The predicted octanol–water partition coefficient (Wildman–Crippen LogP) is 2.20. The van der Waals surface area contributed by atoms with Crippen LogP contribution in [0.4, 0.5) is 5.69 Å². The van der Waals surface area contributed by atoms with Crippen LogP contribution in [-0.2, 0) is 0 Å². The van der Waals surface area contributed by atoms with Crippen molar-refractivity contribution in [2.45, 2.75) is 13.0 Å². The second-order valence-corrected chi connectivity index (χ2v) is 2.85. The van der Waals surface area contributed by atoms with E-state index in [1.54, 1.807) is 0 Å². The molecule has 1 heterocycles. The number of benzene rings is 1. The van der Waals surface area contributed by atoms with Crippen LogP contribution in [0.2, 0.25) is 0 Å². The van der Waals surface area contributed by atoms with E-state index >= 15 is 0 Å². The summed E-state index contributed by atoms with van der Waals surface area (Å²) in [6, 6.07) is 9.16. The number of anilines is 1. The Bertz CT molecular complexity index is 228. The molecule has 1 nitrogen and oxygen atoms in total. The maximum atomic E-state index is 2.29. The third kappa shape index (κ3) is 0.525. The van der Waals surface area contributed by atoms with E-state index in [2.05, 4.69) is 43.1 Å². The van der Waals surface area contributed by atoms with Gasteiger partial charge in [-0.3, -0.25) is 0 Å². The molecule has 0 aromatic heterocycles. The summed E-state index contributed by atoms with van der Waals surface area (Å²) < 4.78 is 0. The highest BCUT2D eigenvalue weighted by Gasteiger charge is 2.25. The van der Waals surface area contributed by atoms with Gasteiger partial charge in [0.2, 0.25) is 0 Å². The van der Waals surface area contributed by atoms with Crippen molar-refractivity contribution in [3.63, 3.8) is 0 Å². The first-order chi connectivity index (χ1) is 4.80. The summed E-state index contributed by atoms with van der Waals surface area (Å²) >= 11 is 0. The summed E-state index contributed by atoms with van der Waals surface area (Å²) in [7, 11) is 2.13. The molecular weight excluding hydrogens is 122 g/mol. The van der Waals surface area contributed by atoms with E-state index in [0.717, 1.165) is 0 Å². The molecule has 2 rings (SSSR count). The molecule has 1 aromatic carbocycles. The smallest absolute Gasteiger partial charge is 0.0531 e. The van der Waals surface area contributed by atoms with E-state index in [4.69, 9.17) is 0 Å². The van der Waals surface area contributed by atoms with Crippen LogP contribution in [-0.4, -0.2) is 7.05 Å². The van der Waals surface area contributed by atoms with Crippen LogP contribution >= 0.6 is 0 Å². The van der Waals surface area contributed by atoms with Crippen molar-refractivity contribution in [1.29, 1.82) is 0 Å². The highest BCUT2D eigenvalue weighted by Crippen LogP contribution is 2.40. The first-order valence-corrected chi connectivity index (χ1v) is 3.62. The topological polar surface area (TPSA) is 3.24 Å². The minimum atomic E-state index is 0.621. The van der Waals surface area contributed by atoms with Crippen LogP contribution in [0.3, 0.4) is 0 Å². The Morgan fingerprint density at radius 3 is 2.70 bits per heavy atom. The van der Waals surface area contributed by atoms with Gasteiger partial charge in [-0.2, -0.15) is 0 Å². The van der Waals surface area contributed by atoms with E-state index in [1.807, 2.05) is 0 Å².